The SMILES string of the molecule is O=[N+]([O-])c1cccc(NCO)c1. The summed E-state index contributed by atoms with van der Waals surface area (Å²) in [5.41, 5.74) is 0.542. The average Bonchev–Trinajstić information content (AvgIpc) is 2.05. The number of nitrogens with zero attached hydrogens (tertiary/aromatic N) is 1. The lowest BCUT2D eigenvalue weighted by atomic mass is 10.3. The molecule has 0 fully saturated rings. The Morgan fingerprint density at radius 1 is 1.58 bits per heavy atom. The van der Waals surface area contributed by atoms with E-state index in [4.69, 9.17) is 5.11 Å². The third-order valence-electron chi connectivity index (χ3n) is 1.34. The second kappa shape index (κ2) is 3.68. The first-order chi connectivity index (χ1) is 5.74. The zero-order chi connectivity index (χ0) is 8.97. The van der Waals surface area contributed by atoms with Gasteiger partial charge in [0.15, 0.2) is 0 Å². The fourth-order valence-corrected chi connectivity index (χ4v) is 0.821. The Morgan fingerprint density at radius 3 is 2.92 bits per heavy atom. The van der Waals surface area contributed by atoms with Crippen molar-refractivity contribution in [3.8, 4) is 0 Å². The highest BCUT2D eigenvalue weighted by Gasteiger charge is 2.03. The van der Waals surface area contributed by atoms with Crippen LogP contribution in [-0.2, 0) is 0 Å². The number of nitrogens with one attached hydrogen (secondary N) is 1. The van der Waals surface area contributed by atoms with Crippen molar-refractivity contribution >= 4 is 11.4 Å². The van der Waals surface area contributed by atoms with Crippen LogP contribution in [0.5, 0.6) is 0 Å². The van der Waals surface area contributed by atoms with Crippen LogP contribution in [0.1, 0.15) is 0 Å². The van der Waals surface area contributed by atoms with Crippen molar-refractivity contribution < 1.29 is 10.0 Å². The summed E-state index contributed by atoms with van der Waals surface area (Å²) in [5, 5.41) is 21.3. The molecule has 5 heteroatoms. The molecule has 0 aliphatic heterocycles. The third kappa shape index (κ3) is 1.93. The summed E-state index contributed by atoms with van der Waals surface area (Å²) >= 11 is 0. The summed E-state index contributed by atoms with van der Waals surface area (Å²) in [6.45, 7) is -0.235. The molecule has 1 aromatic rings. The van der Waals surface area contributed by atoms with E-state index in [1.807, 2.05) is 0 Å². The largest absolute Gasteiger partial charge is 0.377 e. The smallest absolute Gasteiger partial charge is 0.271 e. The van der Waals surface area contributed by atoms with Crippen LogP contribution in [0, 0.1) is 10.1 Å². The topological polar surface area (TPSA) is 75.4 Å². The van der Waals surface area contributed by atoms with E-state index in [1.54, 1.807) is 12.1 Å². The van der Waals surface area contributed by atoms with Crippen molar-refractivity contribution in [2.45, 2.75) is 0 Å². The first-order valence-corrected chi connectivity index (χ1v) is 3.33. The average molecular weight is 168 g/mol. The molecule has 0 spiro atoms. The van der Waals surface area contributed by atoms with Gasteiger partial charge in [-0.25, -0.2) is 0 Å². The van der Waals surface area contributed by atoms with Gasteiger partial charge in [-0.15, -0.1) is 0 Å². The van der Waals surface area contributed by atoms with Gasteiger partial charge in [0, 0.05) is 17.8 Å². The molecule has 0 unspecified atom stereocenters. The lowest BCUT2D eigenvalue weighted by Crippen LogP contribution is -1.99. The number of aliphatic hydroxyl groups is 1. The Bertz CT molecular complexity index is 288. The van der Waals surface area contributed by atoms with Crippen molar-refractivity contribution in [1.82, 2.24) is 0 Å². The Labute approximate surface area is 68.8 Å². The van der Waals surface area contributed by atoms with Gasteiger partial charge < -0.3 is 10.4 Å². The number of nitro groups is 1. The van der Waals surface area contributed by atoms with Gasteiger partial charge in [-0.2, -0.15) is 0 Å². The van der Waals surface area contributed by atoms with E-state index < -0.39 is 4.92 Å². The van der Waals surface area contributed by atoms with E-state index in [0.717, 1.165) is 0 Å². The highest BCUT2D eigenvalue weighted by molar-refractivity contribution is 5.50. The molecule has 0 aromatic heterocycles. The Kier molecular flexibility index (Phi) is 2.60. The molecule has 64 valence electrons. The highest BCUT2D eigenvalue weighted by Crippen LogP contribution is 2.16. The molecule has 0 amide bonds. The van der Waals surface area contributed by atoms with E-state index in [2.05, 4.69) is 5.32 Å². The molecule has 1 rings (SSSR count). The molecule has 0 radical (unpaired) electrons. The van der Waals surface area contributed by atoms with Gasteiger partial charge >= 0.3 is 0 Å². The van der Waals surface area contributed by atoms with Crippen molar-refractivity contribution in [2.75, 3.05) is 12.0 Å². The third-order valence-corrected chi connectivity index (χ3v) is 1.34. The molecule has 1 aromatic carbocycles. The van der Waals surface area contributed by atoms with E-state index in [0.29, 0.717) is 5.69 Å². The molecule has 0 saturated heterocycles. The van der Waals surface area contributed by atoms with E-state index in [1.165, 1.54) is 12.1 Å². The lowest BCUT2D eigenvalue weighted by molar-refractivity contribution is -0.384. The number of anilines is 1. The van der Waals surface area contributed by atoms with Crippen molar-refractivity contribution in [3.05, 3.63) is 34.4 Å². The number of hydrogen-bond acceptors (Lipinski definition) is 4. The van der Waals surface area contributed by atoms with Crippen molar-refractivity contribution in [1.29, 1.82) is 0 Å². The van der Waals surface area contributed by atoms with Crippen LogP contribution in [-0.4, -0.2) is 16.8 Å². The fraction of sp³-hybridized carbons (Fsp3) is 0.143. The number of non-ortho nitro benzene ring substituents is 1. The van der Waals surface area contributed by atoms with Gasteiger partial charge in [0.2, 0.25) is 0 Å². The predicted molar refractivity (Wildman–Crippen MR) is 43.8 cm³/mol. The van der Waals surface area contributed by atoms with Gasteiger partial charge in [-0.3, -0.25) is 10.1 Å². The zero-order valence-corrected chi connectivity index (χ0v) is 6.23. The molecule has 0 saturated carbocycles. The van der Waals surface area contributed by atoms with Crippen LogP contribution in [0.4, 0.5) is 11.4 Å². The Morgan fingerprint density at radius 2 is 2.33 bits per heavy atom. The molecule has 0 bridgehead atoms. The molecular formula is C7H8N2O3. The monoisotopic (exact) mass is 168 g/mol. The zero-order valence-electron chi connectivity index (χ0n) is 6.23. The van der Waals surface area contributed by atoms with Crippen LogP contribution in [0.2, 0.25) is 0 Å². The number of hydrogen-bond donors (Lipinski definition) is 2. The van der Waals surface area contributed by atoms with Crippen LogP contribution in [0.25, 0.3) is 0 Å². The minimum Gasteiger partial charge on any atom is -0.377 e. The summed E-state index contributed by atoms with van der Waals surface area (Å²) in [6, 6.07) is 5.94. The number of nitro benzene ring substituents is 1. The maximum Gasteiger partial charge on any atom is 0.271 e. The van der Waals surface area contributed by atoms with Gasteiger partial charge in [0.05, 0.1) is 4.92 Å². The molecule has 5 nitrogen and oxygen atoms in total. The molecule has 0 heterocycles. The molecule has 12 heavy (non-hydrogen) atoms. The summed E-state index contributed by atoms with van der Waals surface area (Å²) in [6.07, 6.45) is 0. The van der Waals surface area contributed by atoms with Crippen LogP contribution >= 0.6 is 0 Å². The maximum atomic E-state index is 10.3. The van der Waals surface area contributed by atoms with E-state index >= 15 is 0 Å². The fourth-order valence-electron chi connectivity index (χ4n) is 0.821. The van der Waals surface area contributed by atoms with Gasteiger partial charge in [0.1, 0.15) is 6.73 Å². The quantitative estimate of drug-likeness (QED) is 0.400. The predicted octanol–water partition coefficient (Wildman–Crippen LogP) is 0.956. The van der Waals surface area contributed by atoms with Gasteiger partial charge in [-0.05, 0) is 6.07 Å². The molecule has 2 N–H and O–H groups in total. The Hall–Kier alpha value is -1.62. The molecular weight excluding hydrogens is 160 g/mol. The van der Waals surface area contributed by atoms with Crippen molar-refractivity contribution in [3.63, 3.8) is 0 Å². The minimum absolute atomic E-state index is 0.00782. The normalized spacial score (nSPS) is 9.42. The number of aliphatic hydroxyl groups excluding tert-OH is 1. The highest BCUT2D eigenvalue weighted by atomic mass is 16.6. The lowest BCUT2D eigenvalue weighted by Gasteiger charge is -2.00. The summed E-state index contributed by atoms with van der Waals surface area (Å²) in [5.74, 6) is 0. The Balaban J connectivity index is 2.88. The molecule has 0 atom stereocenters. The summed E-state index contributed by atoms with van der Waals surface area (Å²) in [4.78, 5) is 9.79. The molecule has 0 aliphatic rings. The van der Waals surface area contributed by atoms with Crippen LogP contribution in [0.15, 0.2) is 24.3 Å². The number of rotatable bonds is 3. The second-order valence-electron chi connectivity index (χ2n) is 2.14. The van der Waals surface area contributed by atoms with Gasteiger partial charge in [-0.1, -0.05) is 6.07 Å². The first kappa shape index (κ1) is 8.48. The first-order valence-electron chi connectivity index (χ1n) is 3.33. The van der Waals surface area contributed by atoms with E-state index in [-0.39, 0.29) is 12.4 Å². The maximum absolute atomic E-state index is 10.3. The van der Waals surface area contributed by atoms with Crippen molar-refractivity contribution in [2.24, 2.45) is 0 Å². The summed E-state index contributed by atoms with van der Waals surface area (Å²) in [7, 11) is 0. The van der Waals surface area contributed by atoms with Crippen LogP contribution < -0.4 is 5.32 Å². The van der Waals surface area contributed by atoms with E-state index in [9.17, 15) is 10.1 Å². The molecule has 0 aliphatic carbocycles. The standard InChI is InChI=1S/C7H8N2O3/c10-5-8-6-2-1-3-7(4-6)9(11)12/h1-4,8,10H,5H2. The van der Waals surface area contributed by atoms with Crippen LogP contribution in [0.3, 0.4) is 0 Å². The van der Waals surface area contributed by atoms with Gasteiger partial charge in [0.25, 0.3) is 5.69 Å². The minimum atomic E-state index is -0.484. The number of benzene rings is 1. The second-order valence-corrected chi connectivity index (χ2v) is 2.14. The summed E-state index contributed by atoms with van der Waals surface area (Å²) < 4.78 is 0.